The summed E-state index contributed by atoms with van der Waals surface area (Å²) in [6.45, 7) is 12.8. The first kappa shape index (κ1) is 15.0. The molecule has 1 saturated heterocycles. The first-order valence-corrected chi connectivity index (χ1v) is 8.42. The molecule has 2 rings (SSSR count). The predicted octanol–water partition coefficient (Wildman–Crippen LogP) is 3.53. The number of piperazine rings is 1. The molecule has 1 aliphatic heterocycles. The van der Waals surface area contributed by atoms with E-state index >= 15 is 0 Å². The highest BCUT2D eigenvalue weighted by Crippen LogP contribution is 2.28. The second-order valence-corrected chi connectivity index (χ2v) is 7.44. The summed E-state index contributed by atoms with van der Waals surface area (Å²) in [4.78, 5) is 4.20. The van der Waals surface area contributed by atoms with Crippen molar-refractivity contribution in [2.75, 3.05) is 19.6 Å². The van der Waals surface area contributed by atoms with E-state index in [0.717, 1.165) is 6.54 Å². The molecular weight excluding hydrogens is 252 g/mol. The summed E-state index contributed by atoms with van der Waals surface area (Å²) < 4.78 is 0. The molecule has 1 N–H and O–H groups in total. The molecule has 2 nitrogen and oxygen atoms in total. The molecule has 2 heterocycles. The summed E-state index contributed by atoms with van der Waals surface area (Å²) in [5.74, 6) is 0. The SMILES string of the molecule is CCC1(CC)CN(CCc2cccs2)C(C)(C)CN1. The Morgan fingerprint density at radius 3 is 2.63 bits per heavy atom. The van der Waals surface area contributed by atoms with Gasteiger partial charge in [0.1, 0.15) is 0 Å². The second-order valence-electron chi connectivity index (χ2n) is 6.40. The maximum absolute atomic E-state index is 3.81. The Hall–Kier alpha value is -0.380. The molecule has 1 aliphatic rings. The van der Waals surface area contributed by atoms with Gasteiger partial charge in [0.2, 0.25) is 0 Å². The Kier molecular flexibility index (Phi) is 4.70. The van der Waals surface area contributed by atoms with Gasteiger partial charge in [-0.1, -0.05) is 19.9 Å². The first-order valence-electron chi connectivity index (χ1n) is 7.54. The Labute approximate surface area is 122 Å². The average Bonchev–Trinajstić information content (AvgIpc) is 2.91. The third-order valence-electron chi connectivity index (χ3n) is 4.81. The smallest absolute Gasteiger partial charge is 0.0304 e. The van der Waals surface area contributed by atoms with Crippen LogP contribution in [-0.4, -0.2) is 35.6 Å². The molecule has 0 amide bonds. The van der Waals surface area contributed by atoms with Crippen LogP contribution in [0, 0.1) is 0 Å². The lowest BCUT2D eigenvalue weighted by molar-refractivity contribution is 0.0237. The van der Waals surface area contributed by atoms with Crippen LogP contribution in [0.25, 0.3) is 0 Å². The molecule has 0 saturated carbocycles. The van der Waals surface area contributed by atoms with Gasteiger partial charge in [-0.3, -0.25) is 4.90 Å². The Morgan fingerprint density at radius 1 is 1.32 bits per heavy atom. The first-order chi connectivity index (χ1) is 9.01. The third kappa shape index (κ3) is 3.39. The Balaban J connectivity index is 2.02. The molecule has 108 valence electrons. The van der Waals surface area contributed by atoms with E-state index in [9.17, 15) is 0 Å². The molecule has 0 aromatic carbocycles. The second kappa shape index (κ2) is 5.94. The van der Waals surface area contributed by atoms with Crippen LogP contribution in [0.3, 0.4) is 0 Å². The highest BCUT2D eigenvalue weighted by Gasteiger charge is 2.40. The maximum Gasteiger partial charge on any atom is 0.0304 e. The molecule has 0 radical (unpaired) electrons. The molecule has 0 aliphatic carbocycles. The van der Waals surface area contributed by atoms with Crippen molar-refractivity contribution in [2.24, 2.45) is 0 Å². The van der Waals surface area contributed by atoms with E-state index < -0.39 is 0 Å². The van der Waals surface area contributed by atoms with Crippen molar-refractivity contribution in [3.63, 3.8) is 0 Å². The maximum atomic E-state index is 3.81. The van der Waals surface area contributed by atoms with E-state index in [0.29, 0.717) is 5.54 Å². The fourth-order valence-corrected chi connectivity index (χ4v) is 3.65. The third-order valence-corrected chi connectivity index (χ3v) is 5.74. The van der Waals surface area contributed by atoms with Crippen LogP contribution >= 0.6 is 11.3 Å². The van der Waals surface area contributed by atoms with Crippen molar-refractivity contribution in [3.8, 4) is 0 Å². The van der Waals surface area contributed by atoms with Gasteiger partial charge < -0.3 is 5.32 Å². The van der Waals surface area contributed by atoms with Crippen LogP contribution < -0.4 is 5.32 Å². The fraction of sp³-hybridized carbons (Fsp3) is 0.750. The zero-order chi connectivity index (χ0) is 13.9. The zero-order valence-corrected chi connectivity index (χ0v) is 13.6. The minimum Gasteiger partial charge on any atom is -0.308 e. The van der Waals surface area contributed by atoms with Gasteiger partial charge in [0, 0.05) is 35.6 Å². The van der Waals surface area contributed by atoms with E-state index in [2.05, 4.69) is 55.4 Å². The van der Waals surface area contributed by atoms with Gasteiger partial charge in [-0.25, -0.2) is 0 Å². The van der Waals surface area contributed by atoms with Gasteiger partial charge >= 0.3 is 0 Å². The minimum atomic E-state index is 0.269. The van der Waals surface area contributed by atoms with Gasteiger partial charge in [0.25, 0.3) is 0 Å². The molecular formula is C16H28N2S. The number of nitrogens with zero attached hydrogens (tertiary/aromatic N) is 1. The van der Waals surface area contributed by atoms with Crippen LogP contribution in [0.5, 0.6) is 0 Å². The largest absolute Gasteiger partial charge is 0.308 e. The predicted molar refractivity (Wildman–Crippen MR) is 85.0 cm³/mol. The molecule has 1 aromatic rings. The fourth-order valence-electron chi connectivity index (χ4n) is 2.96. The van der Waals surface area contributed by atoms with Crippen LogP contribution in [0.1, 0.15) is 45.4 Å². The molecule has 1 fully saturated rings. The lowest BCUT2D eigenvalue weighted by Crippen LogP contribution is -2.68. The summed E-state index contributed by atoms with van der Waals surface area (Å²) in [7, 11) is 0. The van der Waals surface area contributed by atoms with E-state index in [4.69, 9.17) is 0 Å². The summed E-state index contributed by atoms with van der Waals surface area (Å²) in [5, 5.41) is 5.99. The number of nitrogens with one attached hydrogen (secondary N) is 1. The molecule has 0 bridgehead atoms. The molecule has 1 aromatic heterocycles. The monoisotopic (exact) mass is 280 g/mol. The van der Waals surface area contributed by atoms with Crippen molar-refractivity contribution in [1.29, 1.82) is 0 Å². The normalized spacial score (nSPS) is 22.5. The molecule has 0 atom stereocenters. The summed E-state index contributed by atoms with van der Waals surface area (Å²) in [5.41, 5.74) is 0.593. The molecule has 3 heteroatoms. The standard InChI is InChI=1S/C16H28N2S/c1-5-16(6-2)13-18(15(3,4)12-17-16)10-9-14-8-7-11-19-14/h7-8,11,17H,5-6,9-10,12-13H2,1-4H3. The van der Waals surface area contributed by atoms with Crippen molar-refractivity contribution >= 4 is 11.3 Å². The zero-order valence-electron chi connectivity index (χ0n) is 12.8. The molecule has 19 heavy (non-hydrogen) atoms. The van der Waals surface area contributed by atoms with E-state index in [1.807, 2.05) is 11.3 Å². The average molecular weight is 280 g/mol. The number of hydrogen-bond acceptors (Lipinski definition) is 3. The van der Waals surface area contributed by atoms with Gasteiger partial charge in [-0.05, 0) is 44.6 Å². The quantitative estimate of drug-likeness (QED) is 0.887. The van der Waals surface area contributed by atoms with Crippen molar-refractivity contribution in [1.82, 2.24) is 10.2 Å². The number of thiophene rings is 1. The molecule has 0 spiro atoms. The Bertz CT molecular complexity index is 379. The summed E-state index contributed by atoms with van der Waals surface area (Å²) >= 11 is 1.88. The van der Waals surface area contributed by atoms with Crippen LogP contribution in [0.15, 0.2) is 17.5 Å². The molecule has 0 unspecified atom stereocenters. The van der Waals surface area contributed by atoms with Crippen LogP contribution in [-0.2, 0) is 6.42 Å². The van der Waals surface area contributed by atoms with Gasteiger partial charge in [-0.2, -0.15) is 0 Å². The lowest BCUT2D eigenvalue weighted by Gasteiger charge is -2.52. The van der Waals surface area contributed by atoms with Crippen molar-refractivity contribution in [2.45, 2.75) is 58.0 Å². The van der Waals surface area contributed by atoms with Crippen molar-refractivity contribution < 1.29 is 0 Å². The van der Waals surface area contributed by atoms with Gasteiger partial charge in [0.05, 0.1) is 0 Å². The summed E-state index contributed by atoms with van der Waals surface area (Å²) in [6, 6.07) is 4.41. The highest BCUT2D eigenvalue weighted by molar-refractivity contribution is 7.09. The minimum absolute atomic E-state index is 0.269. The van der Waals surface area contributed by atoms with Crippen LogP contribution in [0.2, 0.25) is 0 Å². The Morgan fingerprint density at radius 2 is 2.05 bits per heavy atom. The van der Waals surface area contributed by atoms with E-state index in [1.165, 1.54) is 37.2 Å². The van der Waals surface area contributed by atoms with Gasteiger partial charge in [0.15, 0.2) is 0 Å². The van der Waals surface area contributed by atoms with Crippen molar-refractivity contribution in [3.05, 3.63) is 22.4 Å². The van der Waals surface area contributed by atoms with Crippen LogP contribution in [0.4, 0.5) is 0 Å². The van der Waals surface area contributed by atoms with Gasteiger partial charge in [-0.15, -0.1) is 11.3 Å². The lowest BCUT2D eigenvalue weighted by atomic mass is 9.85. The van der Waals surface area contributed by atoms with E-state index in [-0.39, 0.29) is 5.54 Å². The topological polar surface area (TPSA) is 15.3 Å². The number of hydrogen-bond donors (Lipinski definition) is 1. The number of rotatable bonds is 5. The summed E-state index contributed by atoms with van der Waals surface area (Å²) in [6.07, 6.45) is 3.62. The van der Waals surface area contributed by atoms with E-state index in [1.54, 1.807) is 0 Å². The highest BCUT2D eigenvalue weighted by atomic mass is 32.1.